The zero-order valence-corrected chi connectivity index (χ0v) is 14.4. The van der Waals surface area contributed by atoms with Crippen molar-refractivity contribution in [2.75, 3.05) is 5.32 Å². The van der Waals surface area contributed by atoms with Crippen molar-refractivity contribution < 1.29 is 9.59 Å². The fraction of sp³-hybridized carbons (Fsp3) is 0.0952. The maximum absolute atomic E-state index is 12.4. The van der Waals surface area contributed by atoms with Gasteiger partial charge in [0.05, 0.1) is 0 Å². The molecule has 0 saturated carbocycles. The number of hydrogen-bond donors (Lipinski definition) is 2. The average molecular weight is 345 g/mol. The summed E-state index contributed by atoms with van der Waals surface area (Å²) < 4.78 is 0. The molecule has 3 aromatic rings. The number of nitrogens with zero attached hydrogens (tertiary/aromatic N) is 1. The van der Waals surface area contributed by atoms with Crippen LogP contribution in [0.25, 0.3) is 0 Å². The van der Waals surface area contributed by atoms with Gasteiger partial charge in [-0.3, -0.25) is 14.6 Å². The molecule has 0 aliphatic heterocycles. The lowest BCUT2D eigenvalue weighted by Gasteiger charge is -2.08. The Hall–Kier alpha value is -3.47. The standard InChI is InChI=1S/C21H19N3O2/c1-15-6-5-9-18(12-15)24-21(26)19-13-17(10-11-22-19)20(25)23-14-16-7-3-2-4-8-16/h2-13H,14H2,1H3,(H,23,25)(H,24,26). The third-order valence-electron chi connectivity index (χ3n) is 3.83. The van der Waals surface area contributed by atoms with Crippen molar-refractivity contribution in [1.82, 2.24) is 10.3 Å². The zero-order valence-electron chi connectivity index (χ0n) is 14.4. The van der Waals surface area contributed by atoms with Crippen LogP contribution >= 0.6 is 0 Å². The number of carbonyl (C=O) groups excluding carboxylic acids is 2. The molecule has 0 atom stereocenters. The first-order valence-corrected chi connectivity index (χ1v) is 8.28. The summed E-state index contributed by atoms with van der Waals surface area (Å²) in [4.78, 5) is 28.8. The van der Waals surface area contributed by atoms with Crippen LogP contribution in [0.15, 0.2) is 72.9 Å². The van der Waals surface area contributed by atoms with Crippen molar-refractivity contribution in [2.24, 2.45) is 0 Å². The maximum atomic E-state index is 12.4. The zero-order chi connectivity index (χ0) is 18.4. The summed E-state index contributed by atoms with van der Waals surface area (Å²) in [5, 5.41) is 5.63. The molecule has 2 aromatic carbocycles. The van der Waals surface area contributed by atoms with Crippen molar-refractivity contribution in [1.29, 1.82) is 0 Å². The monoisotopic (exact) mass is 345 g/mol. The Balaban J connectivity index is 1.67. The van der Waals surface area contributed by atoms with Crippen LogP contribution in [0.2, 0.25) is 0 Å². The predicted molar refractivity (Wildman–Crippen MR) is 101 cm³/mol. The van der Waals surface area contributed by atoms with E-state index in [9.17, 15) is 9.59 Å². The second-order valence-corrected chi connectivity index (χ2v) is 5.92. The molecule has 0 radical (unpaired) electrons. The first kappa shape index (κ1) is 17.4. The summed E-state index contributed by atoms with van der Waals surface area (Å²) in [6.45, 7) is 2.37. The van der Waals surface area contributed by atoms with E-state index < -0.39 is 0 Å². The highest BCUT2D eigenvalue weighted by Crippen LogP contribution is 2.11. The van der Waals surface area contributed by atoms with E-state index in [1.54, 1.807) is 12.1 Å². The fourth-order valence-electron chi connectivity index (χ4n) is 2.49. The van der Waals surface area contributed by atoms with Crippen LogP contribution < -0.4 is 10.6 Å². The van der Waals surface area contributed by atoms with Crippen molar-refractivity contribution in [2.45, 2.75) is 13.5 Å². The number of carbonyl (C=O) groups is 2. The molecule has 5 heteroatoms. The molecule has 130 valence electrons. The molecule has 5 nitrogen and oxygen atoms in total. The van der Waals surface area contributed by atoms with Crippen LogP contribution in [0, 0.1) is 6.92 Å². The molecule has 0 aliphatic rings. The minimum Gasteiger partial charge on any atom is -0.348 e. The summed E-state index contributed by atoms with van der Waals surface area (Å²) in [5.74, 6) is -0.603. The van der Waals surface area contributed by atoms with Crippen molar-refractivity contribution >= 4 is 17.5 Å². The number of nitrogens with one attached hydrogen (secondary N) is 2. The normalized spacial score (nSPS) is 10.2. The molecule has 1 heterocycles. The number of aryl methyl sites for hydroxylation is 1. The molecule has 26 heavy (non-hydrogen) atoms. The van der Waals surface area contributed by atoms with E-state index in [1.165, 1.54) is 12.3 Å². The number of anilines is 1. The number of amides is 2. The van der Waals surface area contributed by atoms with Crippen LogP contribution in [-0.2, 0) is 6.54 Å². The largest absolute Gasteiger partial charge is 0.348 e. The van der Waals surface area contributed by atoms with Crippen LogP contribution in [0.1, 0.15) is 32.0 Å². The summed E-state index contributed by atoms with van der Waals surface area (Å²) >= 11 is 0. The van der Waals surface area contributed by atoms with Gasteiger partial charge in [-0.1, -0.05) is 42.5 Å². The summed E-state index contributed by atoms with van der Waals surface area (Å²) in [6, 6.07) is 20.2. The third-order valence-corrected chi connectivity index (χ3v) is 3.83. The van der Waals surface area contributed by atoms with Crippen LogP contribution in [-0.4, -0.2) is 16.8 Å². The van der Waals surface area contributed by atoms with Gasteiger partial charge >= 0.3 is 0 Å². The molecule has 3 rings (SSSR count). The molecule has 0 aliphatic carbocycles. The molecule has 2 amide bonds. The van der Waals surface area contributed by atoms with E-state index in [0.29, 0.717) is 17.8 Å². The van der Waals surface area contributed by atoms with Gasteiger partial charge in [0.2, 0.25) is 0 Å². The minimum atomic E-state index is -0.353. The molecule has 0 fully saturated rings. The van der Waals surface area contributed by atoms with Gasteiger partial charge in [0.15, 0.2) is 0 Å². The Labute approximate surface area is 152 Å². The smallest absolute Gasteiger partial charge is 0.274 e. The Morgan fingerprint density at radius 3 is 2.50 bits per heavy atom. The Bertz CT molecular complexity index is 923. The molecule has 2 N–H and O–H groups in total. The van der Waals surface area contributed by atoms with Gasteiger partial charge in [-0.25, -0.2) is 0 Å². The predicted octanol–water partition coefficient (Wildman–Crippen LogP) is 3.57. The van der Waals surface area contributed by atoms with E-state index in [-0.39, 0.29) is 17.5 Å². The number of aromatic nitrogens is 1. The van der Waals surface area contributed by atoms with Gasteiger partial charge in [0, 0.05) is 24.0 Å². The Morgan fingerprint density at radius 1 is 0.923 bits per heavy atom. The lowest BCUT2D eigenvalue weighted by atomic mass is 10.2. The quantitative estimate of drug-likeness (QED) is 0.742. The Kier molecular flexibility index (Phi) is 5.39. The first-order chi connectivity index (χ1) is 12.6. The number of hydrogen-bond acceptors (Lipinski definition) is 3. The van der Waals surface area contributed by atoms with Crippen molar-refractivity contribution in [3.8, 4) is 0 Å². The van der Waals surface area contributed by atoms with Gasteiger partial charge in [-0.05, 0) is 42.3 Å². The number of rotatable bonds is 5. The van der Waals surface area contributed by atoms with E-state index >= 15 is 0 Å². The fourth-order valence-corrected chi connectivity index (χ4v) is 2.49. The average Bonchev–Trinajstić information content (AvgIpc) is 2.67. The molecule has 0 saturated heterocycles. The van der Waals surface area contributed by atoms with E-state index in [1.807, 2.05) is 55.5 Å². The number of benzene rings is 2. The van der Waals surface area contributed by atoms with Gasteiger partial charge in [0.1, 0.15) is 5.69 Å². The highest BCUT2D eigenvalue weighted by molar-refractivity contribution is 6.04. The van der Waals surface area contributed by atoms with Crippen molar-refractivity contribution in [3.05, 3.63) is 95.3 Å². The van der Waals surface area contributed by atoms with Crippen molar-refractivity contribution in [3.63, 3.8) is 0 Å². The van der Waals surface area contributed by atoms with Crippen LogP contribution in [0.4, 0.5) is 5.69 Å². The third kappa shape index (κ3) is 4.54. The topological polar surface area (TPSA) is 71.1 Å². The van der Waals surface area contributed by atoms with Gasteiger partial charge in [-0.2, -0.15) is 0 Å². The molecule has 0 spiro atoms. The SMILES string of the molecule is Cc1cccc(NC(=O)c2cc(C(=O)NCc3ccccc3)ccn2)c1. The molecule has 0 bridgehead atoms. The highest BCUT2D eigenvalue weighted by Gasteiger charge is 2.12. The maximum Gasteiger partial charge on any atom is 0.274 e. The number of pyridine rings is 1. The van der Waals surface area contributed by atoms with E-state index in [2.05, 4.69) is 15.6 Å². The highest BCUT2D eigenvalue weighted by atomic mass is 16.2. The summed E-state index contributed by atoms with van der Waals surface area (Å²) in [6.07, 6.45) is 1.46. The lowest BCUT2D eigenvalue weighted by Crippen LogP contribution is -2.23. The minimum absolute atomic E-state index is 0.193. The second-order valence-electron chi connectivity index (χ2n) is 5.92. The van der Waals surface area contributed by atoms with Gasteiger partial charge in [0.25, 0.3) is 11.8 Å². The van der Waals surface area contributed by atoms with Crippen LogP contribution in [0.3, 0.4) is 0 Å². The molecule has 0 unspecified atom stereocenters. The van der Waals surface area contributed by atoms with Gasteiger partial charge < -0.3 is 10.6 Å². The van der Waals surface area contributed by atoms with Crippen LogP contribution in [0.5, 0.6) is 0 Å². The molecular weight excluding hydrogens is 326 g/mol. The van der Waals surface area contributed by atoms with E-state index in [0.717, 1.165) is 11.1 Å². The second kappa shape index (κ2) is 8.07. The lowest BCUT2D eigenvalue weighted by molar-refractivity contribution is 0.0951. The summed E-state index contributed by atoms with van der Waals surface area (Å²) in [5.41, 5.74) is 3.33. The molecule has 1 aromatic heterocycles. The van der Waals surface area contributed by atoms with E-state index in [4.69, 9.17) is 0 Å². The first-order valence-electron chi connectivity index (χ1n) is 8.28. The Morgan fingerprint density at radius 2 is 1.73 bits per heavy atom. The summed E-state index contributed by atoms with van der Waals surface area (Å²) in [7, 11) is 0. The molecular formula is C21H19N3O2. The van der Waals surface area contributed by atoms with Gasteiger partial charge in [-0.15, -0.1) is 0 Å².